The van der Waals surface area contributed by atoms with Gasteiger partial charge < -0.3 is 14.8 Å². The topological polar surface area (TPSA) is 82.5 Å². The molecule has 0 unspecified atom stereocenters. The summed E-state index contributed by atoms with van der Waals surface area (Å²) in [4.78, 5) is 24.9. The Balaban J connectivity index is 2.00. The smallest absolute Gasteiger partial charge is 0.280 e. The van der Waals surface area contributed by atoms with Gasteiger partial charge in [0.05, 0.1) is 25.5 Å². The van der Waals surface area contributed by atoms with Gasteiger partial charge in [-0.2, -0.15) is 5.10 Å². The van der Waals surface area contributed by atoms with Gasteiger partial charge in [-0.3, -0.25) is 9.59 Å². The second kappa shape index (κ2) is 8.51. The number of nitrogens with one attached hydrogen (secondary N) is 1. The zero-order chi connectivity index (χ0) is 21.0. The van der Waals surface area contributed by atoms with Crippen LogP contribution in [0, 0.1) is 11.6 Å². The van der Waals surface area contributed by atoms with Gasteiger partial charge in [0.2, 0.25) is 11.3 Å². The molecule has 0 bridgehead atoms. The van der Waals surface area contributed by atoms with E-state index in [4.69, 9.17) is 9.47 Å². The van der Waals surface area contributed by atoms with E-state index in [1.54, 1.807) is 31.2 Å². The highest BCUT2D eigenvalue weighted by Crippen LogP contribution is 2.19. The number of nitrogens with zero attached hydrogens (tertiary/aromatic N) is 2. The molecule has 1 heterocycles. The molecule has 0 spiro atoms. The van der Waals surface area contributed by atoms with Crippen LogP contribution in [0.1, 0.15) is 17.4 Å². The third-order valence-corrected chi connectivity index (χ3v) is 3.90. The summed E-state index contributed by atoms with van der Waals surface area (Å²) < 4.78 is 38.3. The van der Waals surface area contributed by atoms with Gasteiger partial charge in [0.1, 0.15) is 5.75 Å². The first-order valence-corrected chi connectivity index (χ1v) is 8.61. The fraction of sp³-hybridized carbons (Fsp3) is 0.150. The fourth-order valence-corrected chi connectivity index (χ4v) is 2.52. The third-order valence-electron chi connectivity index (χ3n) is 3.90. The van der Waals surface area contributed by atoms with Crippen molar-refractivity contribution in [1.29, 1.82) is 0 Å². The summed E-state index contributed by atoms with van der Waals surface area (Å²) in [6, 6.07) is 10.7. The van der Waals surface area contributed by atoms with Gasteiger partial charge in [-0.15, -0.1) is 0 Å². The highest BCUT2D eigenvalue weighted by molar-refractivity contribution is 6.02. The monoisotopic (exact) mass is 401 g/mol. The zero-order valence-electron chi connectivity index (χ0n) is 15.6. The van der Waals surface area contributed by atoms with E-state index in [0.29, 0.717) is 11.4 Å². The lowest BCUT2D eigenvalue weighted by Crippen LogP contribution is -2.26. The van der Waals surface area contributed by atoms with Crippen LogP contribution in [-0.4, -0.2) is 29.4 Å². The molecule has 0 aliphatic carbocycles. The Morgan fingerprint density at radius 3 is 2.45 bits per heavy atom. The molecule has 1 amide bonds. The molecule has 29 heavy (non-hydrogen) atoms. The molecule has 0 fully saturated rings. The van der Waals surface area contributed by atoms with Crippen LogP contribution in [0.5, 0.6) is 11.6 Å². The first kappa shape index (κ1) is 20.0. The summed E-state index contributed by atoms with van der Waals surface area (Å²) in [5.41, 5.74) is -0.608. The quantitative estimate of drug-likeness (QED) is 0.686. The van der Waals surface area contributed by atoms with Crippen LogP contribution in [0.25, 0.3) is 5.69 Å². The van der Waals surface area contributed by atoms with Gasteiger partial charge in [0.25, 0.3) is 5.91 Å². The number of methoxy groups -OCH3 is 1. The maximum absolute atomic E-state index is 13.4. The number of aromatic nitrogens is 2. The molecule has 0 atom stereocenters. The Kier molecular flexibility index (Phi) is 5.87. The van der Waals surface area contributed by atoms with E-state index < -0.39 is 28.7 Å². The number of rotatable bonds is 6. The molecule has 0 aliphatic heterocycles. The molecule has 0 saturated carbocycles. The Labute approximate surface area is 164 Å². The summed E-state index contributed by atoms with van der Waals surface area (Å²) in [6.07, 6.45) is 0. The number of amides is 1. The lowest BCUT2D eigenvalue weighted by atomic mass is 10.2. The number of hydrogen-bond acceptors (Lipinski definition) is 5. The van der Waals surface area contributed by atoms with Crippen LogP contribution < -0.4 is 20.2 Å². The largest absolute Gasteiger partial charge is 0.497 e. The Morgan fingerprint density at radius 1 is 1.10 bits per heavy atom. The fourth-order valence-electron chi connectivity index (χ4n) is 2.52. The minimum absolute atomic E-state index is 0.0139. The Bertz CT molecular complexity index is 1100. The molecular formula is C20H17F2N3O4. The number of carbonyl (C=O) groups excluding carboxylic acids is 1. The summed E-state index contributed by atoms with van der Waals surface area (Å²) in [5.74, 6) is -2.29. The predicted octanol–water partition coefficient (Wildman–Crippen LogP) is 3.17. The van der Waals surface area contributed by atoms with Crippen molar-refractivity contribution < 1.29 is 23.0 Å². The van der Waals surface area contributed by atoms with Gasteiger partial charge in [-0.05, 0) is 43.3 Å². The first-order valence-electron chi connectivity index (χ1n) is 8.61. The van der Waals surface area contributed by atoms with E-state index in [2.05, 4.69) is 10.4 Å². The molecule has 9 heteroatoms. The standard InChI is InChI=1S/C20H17F2N3O4/c1-3-29-18-11-17(26)19(20(27)23-12-4-9-15(21)16(22)10-12)24-25(18)13-5-7-14(28-2)8-6-13/h4-11H,3H2,1-2H3,(H,23,27). The van der Waals surface area contributed by atoms with Crippen molar-refractivity contribution in [1.82, 2.24) is 9.78 Å². The number of ether oxygens (including phenoxy) is 2. The van der Waals surface area contributed by atoms with E-state index in [9.17, 15) is 18.4 Å². The van der Waals surface area contributed by atoms with Gasteiger partial charge in [-0.1, -0.05) is 0 Å². The molecule has 1 N–H and O–H groups in total. The maximum atomic E-state index is 13.4. The van der Waals surface area contributed by atoms with Crippen LogP contribution in [-0.2, 0) is 0 Å². The molecule has 150 valence electrons. The summed E-state index contributed by atoms with van der Waals surface area (Å²) in [5, 5.41) is 6.44. The van der Waals surface area contributed by atoms with Gasteiger partial charge >= 0.3 is 0 Å². The van der Waals surface area contributed by atoms with Crippen LogP contribution in [0.2, 0.25) is 0 Å². The minimum Gasteiger partial charge on any atom is -0.497 e. The van der Waals surface area contributed by atoms with E-state index in [-0.39, 0.29) is 18.2 Å². The lowest BCUT2D eigenvalue weighted by Gasteiger charge is -2.14. The number of anilines is 1. The zero-order valence-corrected chi connectivity index (χ0v) is 15.6. The minimum atomic E-state index is -1.13. The molecule has 0 aliphatic rings. The van der Waals surface area contributed by atoms with E-state index in [0.717, 1.165) is 18.2 Å². The van der Waals surface area contributed by atoms with Crippen LogP contribution in [0.3, 0.4) is 0 Å². The SMILES string of the molecule is CCOc1cc(=O)c(C(=O)Nc2ccc(F)c(F)c2)nn1-c1ccc(OC)cc1. The maximum Gasteiger partial charge on any atom is 0.280 e. The molecule has 2 aromatic carbocycles. The van der Waals surface area contributed by atoms with E-state index in [1.165, 1.54) is 17.9 Å². The van der Waals surface area contributed by atoms with E-state index >= 15 is 0 Å². The van der Waals surface area contributed by atoms with Gasteiger partial charge in [0.15, 0.2) is 17.3 Å². The molecular weight excluding hydrogens is 384 g/mol. The van der Waals surface area contributed by atoms with Crippen molar-refractivity contribution in [3.63, 3.8) is 0 Å². The van der Waals surface area contributed by atoms with Crippen molar-refractivity contribution in [3.05, 3.63) is 76.1 Å². The molecule has 1 aromatic heterocycles. The number of carbonyl (C=O) groups is 1. The highest BCUT2D eigenvalue weighted by atomic mass is 19.2. The second-order valence-corrected chi connectivity index (χ2v) is 5.82. The van der Waals surface area contributed by atoms with Crippen molar-refractivity contribution in [2.75, 3.05) is 19.0 Å². The normalized spacial score (nSPS) is 10.5. The Hall–Kier alpha value is -3.75. The number of hydrogen-bond donors (Lipinski definition) is 1. The first-order chi connectivity index (χ1) is 13.9. The van der Waals surface area contributed by atoms with Crippen molar-refractivity contribution >= 4 is 11.6 Å². The lowest BCUT2D eigenvalue weighted by molar-refractivity contribution is 0.101. The second-order valence-electron chi connectivity index (χ2n) is 5.82. The summed E-state index contributed by atoms with van der Waals surface area (Å²) in [7, 11) is 1.53. The molecule has 7 nitrogen and oxygen atoms in total. The molecule has 3 rings (SSSR count). The average Bonchev–Trinajstić information content (AvgIpc) is 2.71. The highest BCUT2D eigenvalue weighted by Gasteiger charge is 2.18. The molecule has 0 saturated heterocycles. The van der Waals surface area contributed by atoms with Crippen LogP contribution in [0.4, 0.5) is 14.5 Å². The summed E-state index contributed by atoms with van der Waals surface area (Å²) >= 11 is 0. The van der Waals surface area contributed by atoms with Crippen molar-refractivity contribution in [2.45, 2.75) is 6.92 Å². The van der Waals surface area contributed by atoms with Crippen LogP contribution >= 0.6 is 0 Å². The molecule has 0 radical (unpaired) electrons. The van der Waals surface area contributed by atoms with Gasteiger partial charge in [-0.25, -0.2) is 13.5 Å². The number of halogens is 2. The van der Waals surface area contributed by atoms with Gasteiger partial charge in [0, 0.05) is 11.8 Å². The van der Waals surface area contributed by atoms with Crippen LogP contribution in [0.15, 0.2) is 53.3 Å². The summed E-state index contributed by atoms with van der Waals surface area (Å²) in [6.45, 7) is 2.02. The average molecular weight is 401 g/mol. The molecule has 3 aromatic rings. The Morgan fingerprint density at radius 2 is 1.83 bits per heavy atom. The number of benzene rings is 2. The van der Waals surface area contributed by atoms with Crippen molar-refractivity contribution in [2.24, 2.45) is 0 Å². The van der Waals surface area contributed by atoms with Crippen molar-refractivity contribution in [3.8, 4) is 17.3 Å². The van der Waals surface area contributed by atoms with E-state index in [1.807, 2.05) is 0 Å². The predicted molar refractivity (Wildman–Crippen MR) is 102 cm³/mol. The third kappa shape index (κ3) is 4.40.